The van der Waals surface area contributed by atoms with Crippen LogP contribution in [0.5, 0.6) is 0 Å². The standard InChI is InChI=1S/C14H15F3N2O/c1-2-10-5-6-19(10)8-13-18-11-7-9(14(15,16)17)3-4-12(11)20-13/h3-4,7,10H,2,5-6,8H2,1H3. The van der Waals surface area contributed by atoms with Crippen LogP contribution in [-0.4, -0.2) is 22.5 Å². The lowest BCUT2D eigenvalue weighted by Crippen LogP contribution is -2.46. The molecule has 0 radical (unpaired) electrons. The van der Waals surface area contributed by atoms with Gasteiger partial charge in [-0.2, -0.15) is 13.2 Å². The smallest absolute Gasteiger partial charge is 0.416 e. The van der Waals surface area contributed by atoms with Gasteiger partial charge in [0.2, 0.25) is 5.89 Å². The van der Waals surface area contributed by atoms with Gasteiger partial charge in [0.1, 0.15) is 5.52 Å². The van der Waals surface area contributed by atoms with Crippen LogP contribution < -0.4 is 0 Å². The molecular formula is C14H15F3N2O. The van der Waals surface area contributed by atoms with E-state index >= 15 is 0 Å². The number of likely N-dealkylation sites (tertiary alicyclic amines) is 1. The lowest BCUT2D eigenvalue weighted by Gasteiger charge is -2.39. The van der Waals surface area contributed by atoms with E-state index < -0.39 is 11.7 Å². The number of alkyl halides is 3. The summed E-state index contributed by atoms with van der Waals surface area (Å²) in [6.07, 6.45) is -2.12. The summed E-state index contributed by atoms with van der Waals surface area (Å²) in [6.45, 7) is 3.68. The Morgan fingerprint density at radius 3 is 2.80 bits per heavy atom. The zero-order valence-electron chi connectivity index (χ0n) is 11.1. The van der Waals surface area contributed by atoms with Gasteiger partial charge in [0, 0.05) is 12.6 Å². The molecule has 1 aliphatic rings. The number of fused-ring (bicyclic) bond motifs is 1. The van der Waals surface area contributed by atoms with Gasteiger partial charge in [-0.05, 0) is 31.0 Å². The Hall–Kier alpha value is -1.56. The lowest BCUT2D eigenvalue weighted by atomic mass is 10.0. The average Bonchev–Trinajstić information content (AvgIpc) is 2.75. The fourth-order valence-corrected chi connectivity index (χ4v) is 2.56. The number of hydrogen-bond acceptors (Lipinski definition) is 3. The first-order chi connectivity index (χ1) is 9.47. The molecule has 1 unspecified atom stereocenters. The second-order valence-corrected chi connectivity index (χ2v) is 5.11. The zero-order chi connectivity index (χ0) is 14.3. The van der Waals surface area contributed by atoms with Crippen LogP contribution >= 0.6 is 0 Å². The summed E-state index contributed by atoms with van der Waals surface area (Å²) in [5, 5.41) is 0. The van der Waals surface area contributed by atoms with Crippen molar-refractivity contribution in [2.45, 2.75) is 38.5 Å². The van der Waals surface area contributed by atoms with Crippen molar-refractivity contribution in [1.29, 1.82) is 0 Å². The predicted molar refractivity (Wildman–Crippen MR) is 68.1 cm³/mol. The topological polar surface area (TPSA) is 29.3 Å². The fourth-order valence-electron chi connectivity index (χ4n) is 2.56. The number of rotatable bonds is 3. The van der Waals surface area contributed by atoms with Gasteiger partial charge in [-0.25, -0.2) is 4.98 Å². The second-order valence-electron chi connectivity index (χ2n) is 5.11. The Bertz CT molecular complexity index is 618. The first kappa shape index (κ1) is 13.4. The normalized spacial score (nSPS) is 20.3. The summed E-state index contributed by atoms with van der Waals surface area (Å²) in [5.41, 5.74) is -0.0230. The maximum absolute atomic E-state index is 12.6. The minimum atomic E-state index is -4.35. The monoisotopic (exact) mass is 284 g/mol. The Morgan fingerprint density at radius 2 is 2.20 bits per heavy atom. The molecular weight excluding hydrogens is 269 g/mol. The molecule has 3 nitrogen and oxygen atoms in total. The minimum absolute atomic E-state index is 0.267. The largest absolute Gasteiger partial charge is 0.439 e. The summed E-state index contributed by atoms with van der Waals surface area (Å²) in [6, 6.07) is 3.93. The van der Waals surface area contributed by atoms with Crippen molar-refractivity contribution in [3.05, 3.63) is 29.7 Å². The molecule has 3 rings (SSSR count). The van der Waals surface area contributed by atoms with Crippen LogP contribution in [-0.2, 0) is 12.7 Å². The molecule has 0 N–H and O–H groups in total. The maximum atomic E-state index is 12.6. The van der Waals surface area contributed by atoms with Crippen molar-refractivity contribution in [2.75, 3.05) is 6.54 Å². The number of aromatic nitrogens is 1. The van der Waals surface area contributed by atoms with Crippen molar-refractivity contribution in [1.82, 2.24) is 9.88 Å². The van der Waals surface area contributed by atoms with Crippen LogP contribution in [0.3, 0.4) is 0 Å². The summed E-state index contributed by atoms with van der Waals surface area (Å²) >= 11 is 0. The molecule has 0 spiro atoms. The van der Waals surface area contributed by atoms with Crippen molar-refractivity contribution in [2.24, 2.45) is 0 Å². The number of halogens is 3. The molecule has 0 aliphatic carbocycles. The summed E-state index contributed by atoms with van der Waals surface area (Å²) in [4.78, 5) is 6.40. The molecule has 1 fully saturated rings. The number of nitrogens with zero attached hydrogens (tertiary/aromatic N) is 2. The van der Waals surface area contributed by atoms with E-state index in [4.69, 9.17) is 4.42 Å². The molecule has 0 bridgehead atoms. The van der Waals surface area contributed by atoms with Gasteiger partial charge in [-0.15, -0.1) is 0 Å². The highest BCUT2D eigenvalue weighted by Crippen LogP contribution is 2.32. The van der Waals surface area contributed by atoms with Crippen LogP contribution in [0.15, 0.2) is 22.6 Å². The van der Waals surface area contributed by atoms with Crippen molar-refractivity contribution in [3.8, 4) is 0 Å². The Morgan fingerprint density at radius 1 is 1.40 bits per heavy atom. The first-order valence-corrected chi connectivity index (χ1v) is 6.68. The molecule has 2 heterocycles. The highest BCUT2D eigenvalue weighted by molar-refractivity contribution is 5.73. The summed E-state index contributed by atoms with van der Waals surface area (Å²) in [5.74, 6) is 0.484. The van der Waals surface area contributed by atoms with E-state index in [-0.39, 0.29) is 5.52 Å². The molecule has 1 aliphatic heterocycles. The van der Waals surface area contributed by atoms with Gasteiger partial charge in [-0.1, -0.05) is 6.92 Å². The van der Waals surface area contributed by atoms with Crippen molar-refractivity contribution >= 4 is 11.1 Å². The molecule has 1 saturated heterocycles. The van der Waals surface area contributed by atoms with Gasteiger partial charge in [-0.3, -0.25) is 4.90 Å². The number of benzene rings is 1. The molecule has 20 heavy (non-hydrogen) atoms. The molecule has 2 aromatic rings. The third kappa shape index (κ3) is 2.40. The third-order valence-corrected chi connectivity index (χ3v) is 3.83. The number of oxazole rings is 1. The van der Waals surface area contributed by atoms with E-state index in [9.17, 15) is 13.2 Å². The van der Waals surface area contributed by atoms with Crippen LogP contribution in [0.2, 0.25) is 0 Å². The summed E-state index contributed by atoms with van der Waals surface area (Å²) < 4.78 is 43.4. The molecule has 6 heteroatoms. The van der Waals surface area contributed by atoms with Crippen molar-refractivity contribution in [3.63, 3.8) is 0 Å². The molecule has 1 aromatic heterocycles. The fraction of sp³-hybridized carbons (Fsp3) is 0.500. The SMILES string of the molecule is CCC1CCN1Cc1nc2cc(C(F)(F)F)ccc2o1. The van der Waals surface area contributed by atoms with E-state index in [1.54, 1.807) is 0 Å². The number of hydrogen-bond donors (Lipinski definition) is 0. The highest BCUT2D eigenvalue weighted by Gasteiger charge is 2.31. The molecule has 108 valence electrons. The average molecular weight is 284 g/mol. The van der Waals surface area contributed by atoms with E-state index in [1.807, 2.05) is 0 Å². The Kier molecular flexibility index (Phi) is 3.20. The van der Waals surface area contributed by atoms with Gasteiger partial charge in [0.25, 0.3) is 0 Å². The first-order valence-electron chi connectivity index (χ1n) is 6.68. The van der Waals surface area contributed by atoms with Crippen LogP contribution in [0.4, 0.5) is 13.2 Å². The van der Waals surface area contributed by atoms with Gasteiger partial charge in [0.15, 0.2) is 5.58 Å². The molecule has 1 atom stereocenters. The van der Waals surface area contributed by atoms with Crippen LogP contribution in [0, 0.1) is 0 Å². The van der Waals surface area contributed by atoms with E-state index in [0.29, 0.717) is 24.1 Å². The summed E-state index contributed by atoms with van der Waals surface area (Å²) in [7, 11) is 0. The van der Waals surface area contributed by atoms with Gasteiger partial charge >= 0.3 is 6.18 Å². The Labute approximate surface area is 114 Å². The van der Waals surface area contributed by atoms with E-state index in [2.05, 4.69) is 16.8 Å². The molecule has 0 amide bonds. The van der Waals surface area contributed by atoms with Crippen LogP contribution in [0.1, 0.15) is 31.2 Å². The Balaban J connectivity index is 1.83. The van der Waals surface area contributed by atoms with Gasteiger partial charge < -0.3 is 4.42 Å². The van der Waals surface area contributed by atoms with E-state index in [1.165, 1.54) is 6.07 Å². The zero-order valence-corrected chi connectivity index (χ0v) is 11.1. The minimum Gasteiger partial charge on any atom is -0.439 e. The lowest BCUT2D eigenvalue weighted by molar-refractivity contribution is -0.137. The molecule has 1 aromatic carbocycles. The van der Waals surface area contributed by atoms with E-state index in [0.717, 1.165) is 31.5 Å². The molecule has 0 saturated carbocycles. The van der Waals surface area contributed by atoms with Crippen molar-refractivity contribution < 1.29 is 17.6 Å². The third-order valence-electron chi connectivity index (χ3n) is 3.83. The van der Waals surface area contributed by atoms with Crippen LogP contribution in [0.25, 0.3) is 11.1 Å². The van der Waals surface area contributed by atoms with Gasteiger partial charge in [0.05, 0.1) is 12.1 Å². The highest BCUT2D eigenvalue weighted by atomic mass is 19.4. The maximum Gasteiger partial charge on any atom is 0.416 e. The predicted octanol–water partition coefficient (Wildman–Crippen LogP) is 3.83. The quantitative estimate of drug-likeness (QED) is 0.857. The second kappa shape index (κ2) is 4.77.